The summed E-state index contributed by atoms with van der Waals surface area (Å²) >= 11 is 0. The Morgan fingerprint density at radius 1 is 1.18 bits per heavy atom. The third-order valence-electron chi connectivity index (χ3n) is 10.1. The molecule has 4 aliphatic carbocycles. The van der Waals surface area contributed by atoms with Gasteiger partial charge in [-0.2, -0.15) is 0 Å². The molecule has 0 aromatic heterocycles. The summed E-state index contributed by atoms with van der Waals surface area (Å²) in [4.78, 5) is 25.5. The van der Waals surface area contributed by atoms with Gasteiger partial charge in [0.25, 0.3) is 0 Å². The summed E-state index contributed by atoms with van der Waals surface area (Å²) in [6, 6.07) is 0. The van der Waals surface area contributed by atoms with E-state index in [4.69, 9.17) is 14.2 Å². The van der Waals surface area contributed by atoms with Gasteiger partial charge in [-0.05, 0) is 58.8 Å². The lowest BCUT2D eigenvalue weighted by atomic mass is 9.40. The van der Waals surface area contributed by atoms with Crippen molar-refractivity contribution in [3.63, 3.8) is 0 Å². The minimum atomic E-state index is -1.37. The topological polar surface area (TPSA) is 123 Å². The normalized spacial score (nSPS) is 52.8. The van der Waals surface area contributed by atoms with Gasteiger partial charge in [-0.25, -0.2) is 0 Å². The van der Waals surface area contributed by atoms with Crippen molar-refractivity contribution in [2.75, 3.05) is 13.2 Å². The first-order valence-corrected chi connectivity index (χ1v) is 12.5. The molecule has 0 aromatic carbocycles. The van der Waals surface area contributed by atoms with Crippen LogP contribution in [0.15, 0.2) is 0 Å². The van der Waals surface area contributed by atoms with Gasteiger partial charge < -0.3 is 29.5 Å². The monoisotopic (exact) mass is 466 g/mol. The predicted octanol–water partition coefficient (Wildman–Crippen LogP) is 1.72. The number of aliphatic hydroxyl groups is 3. The summed E-state index contributed by atoms with van der Waals surface area (Å²) in [5.41, 5.74) is -4.39. The molecule has 1 heterocycles. The summed E-state index contributed by atoms with van der Waals surface area (Å²) < 4.78 is 17.7. The molecule has 0 bridgehead atoms. The Morgan fingerprint density at radius 3 is 2.61 bits per heavy atom. The Balaban J connectivity index is 1.59. The number of aliphatic hydroxyl groups excluding tert-OH is 1. The molecule has 0 aromatic rings. The highest BCUT2D eigenvalue weighted by molar-refractivity contribution is 5.82. The van der Waals surface area contributed by atoms with Crippen LogP contribution in [0.3, 0.4) is 0 Å². The molecule has 8 heteroatoms. The van der Waals surface area contributed by atoms with E-state index in [0.717, 1.165) is 0 Å². The zero-order valence-corrected chi connectivity index (χ0v) is 20.1. The van der Waals surface area contributed by atoms with Crippen molar-refractivity contribution in [3.8, 4) is 0 Å². The molecule has 5 aliphatic rings. The van der Waals surface area contributed by atoms with Gasteiger partial charge in [-0.3, -0.25) is 9.59 Å². The fourth-order valence-electron chi connectivity index (χ4n) is 8.70. The quantitative estimate of drug-likeness (QED) is 0.526. The Bertz CT molecular complexity index is 857. The van der Waals surface area contributed by atoms with Gasteiger partial charge in [-0.15, -0.1) is 0 Å². The molecule has 186 valence electrons. The van der Waals surface area contributed by atoms with Crippen molar-refractivity contribution in [2.24, 2.45) is 28.6 Å². The summed E-state index contributed by atoms with van der Waals surface area (Å²) in [5.74, 6) is -2.63. The highest BCUT2D eigenvalue weighted by atomic mass is 16.7. The minimum absolute atomic E-state index is 0.00767. The van der Waals surface area contributed by atoms with Crippen LogP contribution in [0.25, 0.3) is 0 Å². The van der Waals surface area contributed by atoms with Crippen molar-refractivity contribution >= 4 is 11.8 Å². The number of carbonyl (C=O) groups is 2. The van der Waals surface area contributed by atoms with Gasteiger partial charge >= 0.3 is 5.97 Å². The third kappa shape index (κ3) is 2.94. The number of fused-ring (bicyclic) bond motifs is 3. The lowest BCUT2D eigenvalue weighted by molar-refractivity contribution is -0.390. The van der Waals surface area contributed by atoms with E-state index < -0.39 is 51.9 Å². The van der Waals surface area contributed by atoms with Crippen LogP contribution in [0.5, 0.6) is 0 Å². The second kappa shape index (κ2) is 7.23. The van der Waals surface area contributed by atoms with Crippen LogP contribution in [-0.2, 0) is 23.8 Å². The molecule has 9 atom stereocenters. The molecular weight excluding hydrogens is 428 g/mol. The predicted molar refractivity (Wildman–Crippen MR) is 116 cm³/mol. The average Bonchev–Trinajstić information content (AvgIpc) is 2.97. The van der Waals surface area contributed by atoms with Crippen LogP contribution in [0.1, 0.15) is 72.6 Å². The fraction of sp³-hybridized carbons (Fsp3) is 0.920. The van der Waals surface area contributed by atoms with E-state index in [0.29, 0.717) is 25.7 Å². The van der Waals surface area contributed by atoms with E-state index >= 15 is 0 Å². The van der Waals surface area contributed by atoms with Gasteiger partial charge in [0.05, 0.1) is 48.0 Å². The van der Waals surface area contributed by atoms with Gasteiger partial charge in [0.15, 0.2) is 5.79 Å². The molecule has 0 amide bonds. The Kier molecular flexibility index (Phi) is 5.19. The first-order valence-electron chi connectivity index (χ1n) is 12.5. The summed E-state index contributed by atoms with van der Waals surface area (Å²) in [6.45, 7) is 7.68. The second-order valence-corrected chi connectivity index (χ2v) is 11.9. The third-order valence-corrected chi connectivity index (χ3v) is 10.1. The molecule has 33 heavy (non-hydrogen) atoms. The molecule has 0 unspecified atom stereocenters. The smallest absolute Gasteiger partial charge is 0.309 e. The largest absolute Gasteiger partial charge is 0.466 e. The highest BCUT2D eigenvalue weighted by Crippen LogP contribution is 2.70. The van der Waals surface area contributed by atoms with Crippen LogP contribution in [-0.4, -0.2) is 69.5 Å². The summed E-state index contributed by atoms with van der Waals surface area (Å²) in [7, 11) is 0. The lowest BCUT2D eigenvalue weighted by Gasteiger charge is -2.70. The lowest BCUT2D eigenvalue weighted by Crippen LogP contribution is -2.77. The van der Waals surface area contributed by atoms with Crippen molar-refractivity contribution < 1.29 is 39.1 Å². The maximum absolute atomic E-state index is 12.8. The van der Waals surface area contributed by atoms with Crippen LogP contribution in [0.4, 0.5) is 0 Å². The molecule has 5 fully saturated rings. The first kappa shape index (κ1) is 23.7. The van der Waals surface area contributed by atoms with E-state index in [9.17, 15) is 24.9 Å². The maximum atomic E-state index is 12.8. The number of hydrogen-bond acceptors (Lipinski definition) is 8. The molecule has 0 radical (unpaired) electrons. The zero-order valence-electron chi connectivity index (χ0n) is 20.1. The maximum Gasteiger partial charge on any atom is 0.309 e. The number of ether oxygens (including phenoxy) is 3. The summed E-state index contributed by atoms with van der Waals surface area (Å²) in [6.07, 6.45) is 0.615. The van der Waals surface area contributed by atoms with Gasteiger partial charge in [0.2, 0.25) is 0 Å². The van der Waals surface area contributed by atoms with Crippen molar-refractivity contribution in [3.05, 3.63) is 0 Å². The van der Waals surface area contributed by atoms with Crippen molar-refractivity contribution in [1.29, 1.82) is 0 Å². The average molecular weight is 467 g/mol. The number of hydrogen-bond donors (Lipinski definition) is 3. The molecule has 1 spiro atoms. The minimum Gasteiger partial charge on any atom is -0.466 e. The molecule has 4 saturated carbocycles. The van der Waals surface area contributed by atoms with E-state index in [-0.39, 0.29) is 50.1 Å². The van der Waals surface area contributed by atoms with Gasteiger partial charge in [0, 0.05) is 24.2 Å². The first-order chi connectivity index (χ1) is 15.3. The Hall–Kier alpha value is -1.06. The van der Waals surface area contributed by atoms with Crippen molar-refractivity contribution in [1.82, 2.24) is 0 Å². The zero-order chi connectivity index (χ0) is 24.0. The number of carbonyl (C=O) groups excluding carboxylic acids is 2. The molecular formula is C25H38O8. The van der Waals surface area contributed by atoms with E-state index in [1.807, 2.05) is 6.92 Å². The van der Waals surface area contributed by atoms with E-state index in [1.54, 1.807) is 20.8 Å². The van der Waals surface area contributed by atoms with Crippen molar-refractivity contribution in [2.45, 2.75) is 102 Å². The molecule has 1 saturated heterocycles. The number of Topliss-reactive ketones (excluding diaryl/α,β-unsaturated/α-hetero) is 1. The van der Waals surface area contributed by atoms with Crippen LogP contribution in [0, 0.1) is 28.6 Å². The fourth-order valence-corrected chi connectivity index (χ4v) is 8.70. The van der Waals surface area contributed by atoms with Crippen LogP contribution in [0.2, 0.25) is 0 Å². The standard InChI is InChI=1S/C25H38O8/c1-5-31-20(28)16-7-9-25(30)15-6-8-23(29)11-14(26)10-18-24(23,13-32-21(2,3)33-18)19(15)17(27)12-22(16,25)4/h15-19,27,29-30H,5-13H2,1-4H3/t15-,16-,17+,18-,19-,22-,23+,24-,25-/m1/s1. The molecule has 8 nitrogen and oxygen atoms in total. The molecule has 3 N–H and O–H groups in total. The highest BCUT2D eigenvalue weighted by Gasteiger charge is 2.77. The number of rotatable bonds is 2. The molecule has 1 aliphatic heterocycles. The van der Waals surface area contributed by atoms with E-state index in [2.05, 4.69) is 0 Å². The number of esters is 1. The van der Waals surface area contributed by atoms with Gasteiger partial charge in [0.1, 0.15) is 5.78 Å². The van der Waals surface area contributed by atoms with Crippen LogP contribution < -0.4 is 0 Å². The second-order valence-electron chi connectivity index (χ2n) is 11.9. The summed E-state index contributed by atoms with van der Waals surface area (Å²) in [5, 5.41) is 35.8. The van der Waals surface area contributed by atoms with Crippen LogP contribution >= 0.6 is 0 Å². The van der Waals surface area contributed by atoms with Gasteiger partial charge in [-0.1, -0.05) is 6.92 Å². The Morgan fingerprint density at radius 2 is 1.91 bits per heavy atom. The SMILES string of the molecule is CCOC(=O)[C@H]1CC[C@@]2(O)[C@@H]3CC[C@]4(O)CC(=O)C[C@H]5OC(C)(C)OC[C@]54[C@H]3[C@@H](O)C[C@]12C. The number of ketones is 1. The molecule has 5 rings (SSSR count). The van der Waals surface area contributed by atoms with E-state index in [1.165, 1.54) is 0 Å². The Labute approximate surface area is 195 Å².